The first-order valence-electron chi connectivity index (χ1n) is 4.52. The number of halogens is 2. The Morgan fingerprint density at radius 2 is 2.57 bits per heavy atom. The third kappa shape index (κ3) is 10.8. The Labute approximate surface area is 64.5 Å². The van der Waals surface area contributed by atoms with E-state index in [0.717, 1.165) is 7.05 Å². The van der Waals surface area contributed by atoms with Gasteiger partial charge < -0.3 is 4.90 Å². The van der Waals surface area contributed by atoms with E-state index in [1.54, 1.807) is 0 Å². The third-order valence-corrected chi connectivity index (χ3v) is 0.303. The Bertz CT molecular complexity index is 157. The molecular formula is C4H11Cl2N. The largest absolute Gasteiger partial charge is 0.308 e. The highest BCUT2D eigenvalue weighted by Gasteiger charge is 1.81. The molecule has 3 heteroatoms. The maximum atomic E-state index is 7.16. The van der Waals surface area contributed by atoms with Gasteiger partial charge in [-0.1, -0.05) is 0 Å². The van der Waals surface area contributed by atoms with Gasteiger partial charge in [0.25, 0.3) is 0 Å². The summed E-state index contributed by atoms with van der Waals surface area (Å²) in [5.41, 5.74) is 0. The summed E-state index contributed by atoms with van der Waals surface area (Å²) >= 11 is 5.11. The van der Waals surface area contributed by atoms with Crippen LogP contribution in [0.2, 0.25) is 0 Å². The standard InChI is InChI=1S/C4H10ClN.ClH/c1-6(2)4-3-5;/h3-4H2,1-2H3;1H/i1D2,3D2,4D2;. The van der Waals surface area contributed by atoms with Gasteiger partial charge in [0.1, 0.15) is 0 Å². The zero-order chi connectivity index (χ0) is 10.2. The number of hydrogen-bond donors (Lipinski definition) is 0. The van der Waals surface area contributed by atoms with Gasteiger partial charge >= 0.3 is 0 Å². The summed E-state index contributed by atoms with van der Waals surface area (Å²) in [5, 5.41) is 0. The van der Waals surface area contributed by atoms with Gasteiger partial charge in [0.15, 0.2) is 0 Å². The molecule has 0 amide bonds. The molecule has 0 saturated heterocycles. The Morgan fingerprint density at radius 1 is 2.00 bits per heavy atom. The molecule has 0 saturated carbocycles. The summed E-state index contributed by atoms with van der Waals surface area (Å²) in [4.78, 5) is 0.597. The molecule has 7 heavy (non-hydrogen) atoms. The SMILES string of the molecule is Cl.[2H]C([2H])N(C)C([2H])([2H])C([2H])([2H])Cl. The van der Waals surface area contributed by atoms with Crippen LogP contribution in [0.15, 0.2) is 0 Å². The fourth-order valence-electron chi connectivity index (χ4n) is 0.0667. The van der Waals surface area contributed by atoms with Crippen molar-refractivity contribution in [1.29, 1.82) is 0 Å². The highest BCUT2D eigenvalue weighted by atomic mass is 35.5. The maximum Gasteiger partial charge on any atom is 0.0449 e. The summed E-state index contributed by atoms with van der Waals surface area (Å²) in [5.74, 6) is -2.61. The minimum atomic E-state index is -2.61. The summed E-state index contributed by atoms with van der Waals surface area (Å²) in [6.45, 7) is -4.11. The zero-order valence-electron chi connectivity index (χ0n) is 9.81. The highest BCUT2D eigenvalue weighted by molar-refractivity contribution is 6.18. The molecule has 0 bridgehead atoms. The van der Waals surface area contributed by atoms with Crippen LogP contribution in [0.25, 0.3) is 0 Å². The molecule has 0 atom stereocenters. The van der Waals surface area contributed by atoms with E-state index < -0.39 is 19.3 Å². The second-order valence-corrected chi connectivity index (χ2v) is 1.01. The predicted molar refractivity (Wildman–Crippen MR) is 36.5 cm³/mol. The Morgan fingerprint density at radius 3 is 2.71 bits per heavy atom. The number of hydrogen-bond acceptors (Lipinski definition) is 1. The summed E-state index contributed by atoms with van der Waals surface area (Å²) in [6.07, 6.45) is 0. The van der Waals surface area contributed by atoms with Crippen LogP contribution >= 0.6 is 24.0 Å². The van der Waals surface area contributed by atoms with Crippen LogP contribution < -0.4 is 0 Å². The molecule has 0 unspecified atom stereocenters. The number of alkyl halides is 1. The van der Waals surface area contributed by atoms with Crippen molar-refractivity contribution in [3.63, 3.8) is 0 Å². The molecule has 46 valence electrons. The zero-order valence-corrected chi connectivity index (χ0v) is 5.38. The van der Waals surface area contributed by atoms with Gasteiger partial charge in [0.05, 0.1) is 0 Å². The van der Waals surface area contributed by atoms with Crippen molar-refractivity contribution in [2.75, 3.05) is 26.4 Å². The van der Waals surface area contributed by atoms with E-state index in [2.05, 4.69) is 0 Å². The van der Waals surface area contributed by atoms with Crippen molar-refractivity contribution in [3.05, 3.63) is 0 Å². The Hall–Kier alpha value is 0.540. The van der Waals surface area contributed by atoms with Crippen molar-refractivity contribution >= 4 is 24.0 Å². The third-order valence-electron chi connectivity index (χ3n) is 0.219. The van der Waals surface area contributed by atoms with Crippen LogP contribution in [0.1, 0.15) is 8.22 Å². The van der Waals surface area contributed by atoms with Gasteiger partial charge in [0, 0.05) is 20.6 Å². The lowest BCUT2D eigenvalue weighted by molar-refractivity contribution is 0.436. The van der Waals surface area contributed by atoms with E-state index in [0.29, 0.717) is 4.90 Å². The van der Waals surface area contributed by atoms with Crippen LogP contribution in [0.4, 0.5) is 0 Å². The van der Waals surface area contributed by atoms with Crippen molar-refractivity contribution in [3.8, 4) is 0 Å². The van der Waals surface area contributed by atoms with Crippen molar-refractivity contribution in [2.24, 2.45) is 0 Å². The van der Waals surface area contributed by atoms with E-state index in [1.807, 2.05) is 0 Å². The van der Waals surface area contributed by atoms with Gasteiger partial charge in [-0.25, -0.2) is 0 Å². The summed E-state index contributed by atoms with van der Waals surface area (Å²) in [7, 11) is 1.13. The number of nitrogens with zero attached hydrogens (tertiary/aromatic N) is 1. The minimum Gasteiger partial charge on any atom is -0.308 e. The molecule has 1 nitrogen and oxygen atoms in total. The van der Waals surface area contributed by atoms with E-state index in [-0.39, 0.29) is 12.4 Å². The van der Waals surface area contributed by atoms with Gasteiger partial charge in [0.2, 0.25) is 0 Å². The lowest BCUT2D eigenvalue weighted by Crippen LogP contribution is -2.13. The molecule has 0 aromatic rings. The highest BCUT2D eigenvalue weighted by Crippen LogP contribution is 1.75. The van der Waals surface area contributed by atoms with E-state index in [4.69, 9.17) is 19.8 Å². The molecule has 0 aliphatic heterocycles. The van der Waals surface area contributed by atoms with Crippen LogP contribution in [-0.4, -0.2) is 31.3 Å². The van der Waals surface area contributed by atoms with Crippen LogP contribution in [0, 0.1) is 0 Å². The normalized spacial score (nSPS) is 25.7. The molecule has 0 heterocycles. The monoisotopic (exact) mass is 149 g/mol. The minimum absolute atomic E-state index is 0. The van der Waals surface area contributed by atoms with Crippen molar-refractivity contribution in [1.82, 2.24) is 4.90 Å². The molecule has 0 spiro atoms. The fourth-order valence-corrected chi connectivity index (χ4v) is 0.200. The molecule has 0 aromatic carbocycles. The van der Waals surface area contributed by atoms with Crippen LogP contribution in [0.5, 0.6) is 0 Å². The quantitative estimate of drug-likeness (QED) is 0.535. The van der Waals surface area contributed by atoms with E-state index >= 15 is 0 Å². The van der Waals surface area contributed by atoms with Crippen molar-refractivity contribution < 1.29 is 8.22 Å². The summed E-state index contributed by atoms with van der Waals surface area (Å²) in [6, 6.07) is 0. The molecule has 0 fully saturated rings. The van der Waals surface area contributed by atoms with E-state index in [1.165, 1.54) is 0 Å². The van der Waals surface area contributed by atoms with Gasteiger partial charge in [-0.3, -0.25) is 0 Å². The lowest BCUT2D eigenvalue weighted by Gasteiger charge is -2.02. The Kier molecular flexibility index (Phi) is 2.26. The lowest BCUT2D eigenvalue weighted by atomic mass is 10.7. The van der Waals surface area contributed by atoms with Crippen LogP contribution in [0.3, 0.4) is 0 Å². The first-order valence-corrected chi connectivity index (χ1v) is 1.75. The topological polar surface area (TPSA) is 3.24 Å². The average molecular weight is 150 g/mol. The number of rotatable bonds is 2. The first-order chi connectivity index (χ1) is 5.10. The molecule has 0 rings (SSSR count). The van der Waals surface area contributed by atoms with Gasteiger partial charge in [-0.15, -0.1) is 24.0 Å². The molecule has 0 aromatic heterocycles. The van der Waals surface area contributed by atoms with Crippen LogP contribution in [-0.2, 0) is 0 Å². The van der Waals surface area contributed by atoms with Gasteiger partial charge in [-0.2, -0.15) is 0 Å². The molecule has 0 N–H and O–H groups in total. The second-order valence-electron chi connectivity index (χ2n) is 0.817. The average Bonchev–Trinajstić information content (AvgIpc) is 1.83. The first kappa shape index (κ1) is 2.42. The Balaban J connectivity index is 0. The van der Waals surface area contributed by atoms with Gasteiger partial charge in [-0.05, 0) is 14.0 Å². The maximum absolute atomic E-state index is 7.16. The fraction of sp³-hybridized carbons (Fsp3) is 1.00. The molecule has 0 aliphatic rings. The predicted octanol–water partition coefficient (Wildman–Crippen LogP) is 1.21. The molecular weight excluding hydrogens is 133 g/mol. The summed E-state index contributed by atoms with van der Waals surface area (Å²) < 4.78 is 41.8. The second kappa shape index (κ2) is 6.54. The molecule has 0 aliphatic carbocycles. The smallest absolute Gasteiger partial charge is 0.0449 e. The molecule has 0 radical (unpaired) electrons. The van der Waals surface area contributed by atoms with E-state index in [9.17, 15) is 0 Å². The van der Waals surface area contributed by atoms with Crippen molar-refractivity contribution in [2.45, 2.75) is 0 Å².